The van der Waals surface area contributed by atoms with Gasteiger partial charge in [-0.1, -0.05) is 61.4 Å². The van der Waals surface area contributed by atoms with E-state index in [2.05, 4.69) is 41.3 Å². The lowest BCUT2D eigenvalue weighted by molar-refractivity contribution is 0.00300. The van der Waals surface area contributed by atoms with Gasteiger partial charge in [0.05, 0.1) is 19.8 Å². The van der Waals surface area contributed by atoms with Crippen LogP contribution in [0.2, 0.25) is 0 Å². The molecule has 2 fully saturated rings. The number of ether oxygens (including phenoxy) is 2. The normalized spacial score (nSPS) is 20.6. The molecule has 6 rings (SSSR count). The fourth-order valence-corrected chi connectivity index (χ4v) is 6.60. The molecule has 0 radical (unpaired) electrons. The van der Waals surface area contributed by atoms with Crippen molar-refractivity contribution >= 4 is 27.6 Å². The third kappa shape index (κ3) is 4.91. The van der Waals surface area contributed by atoms with Crippen LogP contribution in [0.25, 0.3) is 21.7 Å². The molecule has 6 heteroatoms. The maximum absolute atomic E-state index is 12.3. The molecule has 1 saturated heterocycles. The van der Waals surface area contributed by atoms with Crippen LogP contribution in [0.15, 0.2) is 66.7 Å². The highest BCUT2D eigenvalue weighted by Crippen LogP contribution is 2.40. The van der Waals surface area contributed by atoms with E-state index in [9.17, 15) is 9.90 Å². The number of carbonyl (C=O) groups is 1. The summed E-state index contributed by atoms with van der Waals surface area (Å²) < 4.78 is 13.7. The van der Waals surface area contributed by atoms with Crippen LogP contribution in [-0.4, -0.2) is 59.5 Å². The summed E-state index contributed by atoms with van der Waals surface area (Å²) in [5.74, 6) is 0.404. The lowest BCUT2D eigenvalue weighted by Crippen LogP contribution is -2.47. The van der Waals surface area contributed by atoms with Gasteiger partial charge in [-0.2, -0.15) is 0 Å². The quantitative estimate of drug-likeness (QED) is 0.280. The molecule has 2 heterocycles. The van der Waals surface area contributed by atoms with Crippen LogP contribution in [0.5, 0.6) is 5.75 Å². The average Bonchev–Trinajstić information content (AvgIpc) is 3.35. The van der Waals surface area contributed by atoms with E-state index in [4.69, 9.17) is 9.47 Å². The second-order valence-corrected chi connectivity index (χ2v) is 10.6. The predicted molar refractivity (Wildman–Crippen MR) is 150 cm³/mol. The molecule has 38 heavy (non-hydrogen) atoms. The van der Waals surface area contributed by atoms with E-state index in [1.54, 1.807) is 0 Å². The number of hydrogen-bond acceptors (Lipinski definition) is 4. The van der Waals surface area contributed by atoms with Crippen LogP contribution in [0.1, 0.15) is 54.1 Å². The molecule has 6 nitrogen and oxygen atoms in total. The van der Waals surface area contributed by atoms with Gasteiger partial charge in [0.1, 0.15) is 11.4 Å². The lowest BCUT2D eigenvalue weighted by Gasteiger charge is -2.42. The van der Waals surface area contributed by atoms with Gasteiger partial charge in [0, 0.05) is 47.9 Å². The summed E-state index contributed by atoms with van der Waals surface area (Å²) in [6.07, 6.45) is 5.54. The molecule has 1 aliphatic carbocycles. The highest BCUT2D eigenvalue weighted by molar-refractivity contribution is 5.96. The number of aromatic carboxylic acids is 1. The van der Waals surface area contributed by atoms with Crippen molar-refractivity contribution < 1.29 is 19.4 Å². The molecule has 1 aliphatic heterocycles. The first kappa shape index (κ1) is 25.0. The molecular weight excluding hydrogens is 476 g/mol. The lowest BCUT2D eigenvalue weighted by atomic mass is 9.78. The summed E-state index contributed by atoms with van der Waals surface area (Å²) in [4.78, 5) is 14.9. The molecule has 2 unspecified atom stereocenters. The Kier molecular flexibility index (Phi) is 7.34. The Labute approximate surface area is 223 Å². The van der Waals surface area contributed by atoms with Gasteiger partial charge in [0.25, 0.3) is 0 Å². The predicted octanol–water partition coefficient (Wildman–Crippen LogP) is 6.32. The maximum Gasteiger partial charge on any atom is 0.352 e. The van der Waals surface area contributed by atoms with E-state index < -0.39 is 5.97 Å². The molecule has 3 aromatic carbocycles. The van der Waals surface area contributed by atoms with E-state index in [1.807, 2.05) is 34.9 Å². The minimum Gasteiger partial charge on any atom is -0.493 e. The molecule has 4 aromatic rings. The number of morpholine rings is 1. The van der Waals surface area contributed by atoms with Gasteiger partial charge in [-0.15, -0.1) is 0 Å². The van der Waals surface area contributed by atoms with E-state index >= 15 is 0 Å². The van der Waals surface area contributed by atoms with Crippen molar-refractivity contribution in [3.63, 3.8) is 0 Å². The van der Waals surface area contributed by atoms with Crippen LogP contribution < -0.4 is 4.74 Å². The van der Waals surface area contributed by atoms with Crippen molar-refractivity contribution in [3.8, 4) is 5.75 Å². The molecule has 1 aromatic heterocycles. The van der Waals surface area contributed by atoms with Gasteiger partial charge in [-0.05, 0) is 48.4 Å². The van der Waals surface area contributed by atoms with E-state index in [0.29, 0.717) is 30.8 Å². The first-order valence-electron chi connectivity index (χ1n) is 14.0. The van der Waals surface area contributed by atoms with Crippen molar-refractivity contribution in [1.82, 2.24) is 9.47 Å². The number of rotatable bonds is 8. The first-order chi connectivity index (χ1) is 18.7. The Morgan fingerprint density at radius 2 is 1.74 bits per heavy atom. The zero-order valence-electron chi connectivity index (χ0n) is 21.9. The standard InChI is InChI=1S/C32H36N2O4/c35-32(36)30-22-27-25(26-11-3-4-13-28(26)33-17-20-37-21-18-33)12-6-14-29(27)34(30)16-7-19-38-31-15-5-9-23-8-1-2-10-24(23)31/h1-2,5-6,8-10,12,14-15,22,26,28H,3-4,7,11,13,16-21H2,(H,35,36). The summed E-state index contributed by atoms with van der Waals surface area (Å²) in [5.41, 5.74) is 2.67. The molecule has 198 valence electrons. The maximum atomic E-state index is 12.3. The van der Waals surface area contributed by atoms with Crippen LogP contribution in [0, 0.1) is 0 Å². The number of hydrogen-bond donors (Lipinski definition) is 1. The Hall–Kier alpha value is -3.35. The van der Waals surface area contributed by atoms with E-state index in [0.717, 1.165) is 66.6 Å². The van der Waals surface area contributed by atoms with Crippen molar-refractivity contribution in [2.75, 3.05) is 32.9 Å². The fraction of sp³-hybridized carbons (Fsp3) is 0.406. The highest BCUT2D eigenvalue weighted by Gasteiger charge is 2.33. The van der Waals surface area contributed by atoms with E-state index in [1.165, 1.54) is 24.8 Å². The van der Waals surface area contributed by atoms with Gasteiger partial charge in [-0.25, -0.2) is 4.79 Å². The van der Waals surface area contributed by atoms with Gasteiger partial charge in [-0.3, -0.25) is 4.90 Å². The summed E-state index contributed by atoms with van der Waals surface area (Å²) in [7, 11) is 0. The SMILES string of the molecule is O=C(O)c1cc2c(C3CCCCC3N3CCOCC3)cccc2n1CCCOc1cccc2ccccc12. The van der Waals surface area contributed by atoms with E-state index in [-0.39, 0.29) is 0 Å². The molecule has 1 N–H and O–H groups in total. The summed E-state index contributed by atoms with van der Waals surface area (Å²) in [5, 5.41) is 13.4. The Balaban J connectivity index is 1.24. The van der Waals surface area contributed by atoms with Gasteiger partial charge in [0.2, 0.25) is 0 Å². The second kappa shape index (κ2) is 11.2. The molecule has 2 aliphatic rings. The molecule has 0 spiro atoms. The number of fused-ring (bicyclic) bond motifs is 2. The number of aryl methyl sites for hydroxylation is 1. The minimum absolute atomic E-state index is 0.358. The second-order valence-electron chi connectivity index (χ2n) is 10.6. The van der Waals surface area contributed by atoms with Gasteiger partial charge in [0.15, 0.2) is 0 Å². The average molecular weight is 513 g/mol. The first-order valence-corrected chi connectivity index (χ1v) is 14.0. The fourth-order valence-electron chi connectivity index (χ4n) is 6.60. The summed E-state index contributed by atoms with van der Waals surface area (Å²) >= 11 is 0. The number of benzene rings is 3. The molecule has 2 atom stereocenters. The van der Waals surface area contributed by atoms with Crippen molar-refractivity contribution in [3.05, 3.63) is 78.0 Å². The number of aromatic nitrogens is 1. The number of nitrogens with zero attached hydrogens (tertiary/aromatic N) is 2. The van der Waals surface area contributed by atoms with Gasteiger partial charge < -0.3 is 19.1 Å². The minimum atomic E-state index is -0.879. The summed E-state index contributed by atoms with van der Waals surface area (Å²) in [6.45, 7) is 4.68. The zero-order chi connectivity index (χ0) is 25.9. The molecule has 1 saturated carbocycles. The van der Waals surface area contributed by atoms with Crippen LogP contribution >= 0.6 is 0 Å². The van der Waals surface area contributed by atoms with Crippen LogP contribution in [0.4, 0.5) is 0 Å². The van der Waals surface area contributed by atoms with Crippen LogP contribution in [0.3, 0.4) is 0 Å². The zero-order valence-corrected chi connectivity index (χ0v) is 21.9. The Bertz CT molecular complexity index is 1420. The number of carboxylic acid groups (broad SMARTS) is 1. The van der Waals surface area contributed by atoms with Crippen molar-refractivity contribution in [1.29, 1.82) is 0 Å². The van der Waals surface area contributed by atoms with Crippen molar-refractivity contribution in [2.24, 2.45) is 0 Å². The molecule has 0 bridgehead atoms. The van der Waals surface area contributed by atoms with Crippen molar-refractivity contribution in [2.45, 2.75) is 50.6 Å². The monoisotopic (exact) mass is 512 g/mol. The highest BCUT2D eigenvalue weighted by atomic mass is 16.5. The Morgan fingerprint density at radius 3 is 2.61 bits per heavy atom. The van der Waals surface area contributed by atoms with Gasteiger partial charge >= 0.3 is 5.97 Å². The molecular formula is C32H36N2O4. The topological polar surface area (TPSA) is 63.9 Å². The van der Waals surface area contributed by atoms with Crippen LogP contribution in [-0.2, 0) is 11.3 Å². The smallest absolute Gasteiger partial charge is 0.352 e. The Morgan fingerprint density at radius 1 is 0.947 bits per heavy atom. The third-order valence-electron chi connectivity index (χ3n) is 8.38. The largest absolute Gasteiger partial charge is 0.493 e. The third-order valence-corrected chi connectivity index (χ3v) is 8.38. The number of carboxylic acids is 1. The summed E-state index contributed by atoms with van der Waals surface area (Å²) in [6, 6.07) is 23.1. The molecule has 0 amide bonds.